The van der Waals surface area contributed by atoms with Crippen molar-refractivity contribution in [2.24, 2.45) is 5.92 Å². The molecule has 0 radical (unpaired) electrons. The molecular weight excluding hydrogens is 286 g/mol. The molecule has 0 fully saturated rings. The zero-order valence-electron chi connectivity index (χ0n) is 12.2. The molecule has 0 aliphatic rings. The molecule has 0 aliphatic carbocycles. The first kappa shape index (κ1) is 15.4. The largest absolute Gasteiger partial charge is 0.493 e. The third-order valence-electron chi connectivity index (χ3n) is 2.94. The maximum absolute atomic E-state index is 5.70. The Labute approximate surface area is 130 Å². The van der Waals surface area contributed by atoms with E-state index in [1.807, 2.05) is 12.1 Å². The zero-order valence-corrected chi connectivity index (χ0v) is 13.9. The Morgan fingerprint density at radius 1 is 1.25 bits per heavy atom. The molecule has 0 amide bonds. The quantitative estimate of drug-likeness (QED) is 0.772. The van der Waals surface area contributed by atoms with Gasteiger partial charge in [0.05, 0.1) is 12.3 Å². The van der Waals surface area contributed by atoms with Crippen LogP contribution in [0.5, 0.6) is 5.75 Å². The maximum atomic E-state index is 5.70. The highest BCUT2D eigenvalue weighted by Gasteiger charge is 2.10. The first-order chi connectivity index (χ1) is 9.63. The maximum Gasteiger partial charge on any atom is 0.123 e. The van der Waals surface area contributed by atoms with Crippen LogP contribution in [0.15, 0.2) is 24.3 Å². The van der Waals surface area contributed by atoms with E-state index in [2.05, 4.69) is 45.5 Å². The Kier molecular flexibility index (Phi) is 5.49. The van der Waals surface area contributed by atoms with Crippen LogP contribution in [-0.2, 0) is 12.2 Å². The van der Waals surface area contributed by atoms with Crippen LogP contribution >= 0.6 is 24.0 Å². The average Bonchev–Trinajstić information content (AvgIpc) is 2.89. The SMILES string of the molecule is CCc1nc(-c2ccc(OCC(C)C)cc2)sc1CS. The van der Waals surface area contributed by atoms with Crippen LogP contribution in [0.2, 0.25) is 0 Å². The molecule has 2 aromatic rings. The van der Waals surface area contributed by atoms with Crippen molar-refractivity contribution < 1.29 is 4.74 Å². The number of aryl methyl sites for hydroxylation is 1. The van der Waals surface area contributed by atoms with E-state index in [0.29, 0.717) is 5.92 Å². The third kappa shape index (κ3) is 3.76. The number of ether oxygens (including phenoxy) is 1. The van der Waals surface area contributed by atoms with Gasteiger partial charge in [-0.05, 0) is 36.6 Å². The van der Waals surface area contributed by atoms with E-state index in [-0.39, 0.29) is 0 Å². The minimum atomic E-state index is 0.540. The Hall–Kier alpha value is -1.00. The Morgan fingerprint density at radius 2 is 1.95 bits per heavy atom. The number of thiol groups is 1. The van der Waals surface area contributed by atoms with Gasteiger partial charge in [-0.25, -0.2) is 4.98 Å². The molecule has 0 bridgehead atoms. The van der Waals surface area contributed by atoms with Gasteiger partial charge in [-0.3, -0.25) is 0 Å². The van der Waals surface area contributed by atoms with Crippen molar-refractivity contribution in [1.29, 1.82) is 0 Å². The van der Waals surface area contributed by atoms with E-state index in [4.69, 9.17) is 9.72 Å². The summed E-state index contributed by atoms with van der Waals surface area (Å²) >= 11 is 6.11. The lowest BCUT2D eigenvalue weighted by atomic mass is 10.2. The van der Waals surface area contributed by atoms with Crippen molar-refractivity contribution in [3.05, 3.63) is 34.8 Å². The summed E-state index contributed by atoms with van der Waals surface area (Å²) in [4.78, 5) is 5.97. The molecule has 0 spiro atoms. The minimum absolute atomic E-state index is 0.540. The van der Waals surface area contributed by atoms with E-state index >= 15 is 0 Å². The van der Waals surface area contributed by atoms with Gasteiger partial charge in [0.2, 0.25) is 0 Å². The van der Waals surface area contributed by atoms with Crippen LogP contribution in [0, 0.1) is 5.92 Å². The molecule has 0 atom stereocenters. The molecule has 1 aromatic heterocycles. The van der Waals surface area contributed by atoms with Crippen LogP contribution in [0.25, 0.3) is 10.6 Å². The van der Waals surface area contributed by atoms with Gasteiger partial charge in [-0.2, -0.15) is 12.6 Å². The van der Waals surface area contributed by atoms with E-state index in [1.54, 1.807) is 11.3 Å². The van der Waals surface area contributed by atoms with Crippen LogP contribution in [-0.4, -0.2) is 11.6 Å². The van der Waals surface area contributed by atoms with Crippen LogP contribution in [0.4, 0.5) is 0 Å². The normalized spacial score (nSPS) is 11.1. The standard InChI is InChI=1S/C16H21NOS2/c1-4-14-15(10-19)20-16(17-14)12-5-7-13(8-6-12)18-9-11(2)3/h5-8,11,19H,4,9-10H2,1-3H3. The fraction of sp³-hybridized carbons (Fsp3) is 0.438. The van der Waals surface area contributed by atoms with E-state index in [9.17, 15) is 0 Å². The number of aromatic nitrogens is 1. The summed E-state index contributed by atoms with van der Waals surface area (Å²) in [6, 6.07) is 8.20. The molecule has 0 N–H and O–H groups in total. The van der Waals surface area contributed by atoms with Crippen LogP contribution in [0.3, 0.4) is 0 Å². The first-order valence-corrected chi connectivity index (χ1v) is 8.41. The molecule has 0 aliphatic heterocycles. The monoisotopic (exact) mass is 307 g/mol. The Morgan fingerprint density at radius 3 is 2.45 bits per heavy atom. The Balaban J connectivity index is 2.15. The van der Waals surface area contributed by atoms with Crippen molar-refractivity contribution in [3.63, 3.8) is 0 Å². The molecule has 2 rings (SSSR count). The van der Waals surface area contributed by atoms with Crippen LogP contribution in [0.1, 0.15) is 31.3 Å². The van der Waals surface area contributed by atoms with Crippen molar-refractivity contribution in [3.8, 4) is 16.3 Å². The van der Waals surface area contributed by atoms with Crippen molar-refractivity contribution in [2.45, 2.75) is 32.9 Å². The summed E-state index contributed by atoms with van der Waals surface area (Å²) < 4.78 is 5.70. The van der Waals surface area contributed by atoms with Crippen molar-refractivity contribution in [1.82, 2.24) is 4.98 Å². The van der Waals surface area contributed by atoms with Gasteiger partial charge in [0, 0.05) is 16.2 Å². The lowest BCUT2D eigenvalue weighted by Gasteiger charge is -2.08. The third-order valence-corrected chi connectivity index (χ3v) is 4.62. The summed E-state index contributed by atoms with van der Waals surface area (Å²) in [6.07, 6.45) is 0.960. The highest BCUT2D eigenvalue weighted by Crippen LogP contribution is 2.30. The molecular formula is C16H21NOS2. The van der Waals surface area contributed by atoms with Gasteiger partial charge in [-0.1, -0.05) is 20.8 Å². The molecule has 108 valence electrons. The van der Waals surface area contributed by atoms with Gasteiger partial charge < -0.3 is 4.74 Å². The fourth-order valence-electron chi connectivity index (χ4n) is 1.86. The van der Waals surface area contributed by atoms with Gasteiger partial charge >= 0.3 is 0 Å². The lowest BCUT2D eigenvalue weighted by molar-refractivity contribution is 0.271. The second-order valence-electron chi connectivity index (χ2n) is 5.13. The molecule has 2 nitrogen and oxygen atoms in total. The average molecular weight is 307 g/mol. The van der Waals surface area contributed by atoms with Crippen LogP contribution < -0.4 is 4.74 Å². The molecule has 0 saturated heterocycles. The molecule has 20 heavy (non-hydrogen) atoms. The number of benzene rings is 1. The lowest BCUT2D eigenvalue weighted by Crippen LogP contribution is -2.04. The number of hydrogen-bond acceptors (Lipinski definition) is 4. The summed E-state index contributed by atoms with van der Waals surface area (Å²) in [7, 11) is 0. The summed E-state index contributed by atoms with van der Waals surface area (Å²) in [5.74, 6) is 2.22. The number of thiazole rings is 1. The van der Waals surface area contributed by atoms with Gasteiger partial charge in [0.15, 0.2) is 0 Å². The van der Waals surface area contributed by atoms with Crippen molar-refractivity contribution in [2.75, 3.05) is 6.61 Å². The van der Waals surface area contributed by atoms with Gasteiger partial charge in [0.1, 0.15) is 10.8 Å². The number of hydrogen-bond donors (Lipinski definition) is 1. The van der Waals surface area contributed by atoms with Gasteiger partial charge in [0.25, 0.3) is 0 Å². The topological polar surface area (TPSA) is 22.1 Å². The second-order valence-corrected chi connectivity index (χ2v) is 6.53. The number of nitrogens with zero attached hydrogens (tertiary/aromatic N) is 1. The second kappa shape index (κ2) is 7.14. The molecule has 1 heterocycles. The first-order valence-electron chi connectivity index (χ1n) is 6.96. The molecule has 0 saturated carbocycles. The summed E-state index contributed by atoms with van der Waals surface area (Å²) in [6.45, 7) is 7.18. The highest BCUT2D eigenvalue weighted by atomic mass is 32.1. The summed E-state index contributed by atoms with van der Waals surface area (Å²) in [5.41, 5.74) is 2.31. The Bertz CT molecular complexity index is 525. The fourth-order valence-corrected chi connectivity index (χ4v) is 3.25. The van der Waals surface area contributed by atoms with E-state index < -0.39 is 0 Å². The highest BCUT2D eigenvalue weighted by molar-refractivity contribution is 7.79. The predicted molar refractivity (Wildman–Crippen MR) is 90.0 cm³/mol. The van der Waals surface area contributed by atoms with Gasteiger partial charge in [-0.15, -0.1) is 11.3 Å². The van der Waals surface area contributed by atoms with Crippen molar-refractivity contribution >= 4 is 24.0 Å². The zero-order chi connectivity index (χ0) is 14.5. The molecule has 4 heteroatoms. The molecule has 1 aromatic carbocycles. The minimum Gasteiger partial charge on any atom is -0.493 e. The van der Waals surface area contributed by atoms with E-state index in [0.717, 1.165) is 35.1 Å². The number of rotatable bonds is 6. The van der Waals surface area contributed by atoms with E-state index in [1.165, 1.54) is 10.6 Å². The summed E-state index contributed by atoms with van der Waals surface area (Å²) in [5, 5.41) is 1.07. The predicted octanol–water partition coefficient (Wildman–Crippen LogP) is 4.84. The molecule has 0 unspecified atom stereocenters. The smallest absolute Gasteiger partial charge is 0.123 e.